The molecule has 0 radical (unpaired) electrons. The van der Waals surface area contributed by atoms with Crippen molar-refractivity contribution in [2.24, 2.45) is 28.7 Å². The Labute approximate surface area is 192 Å². The molecule has 2 saturated heterocycles. The van der Waals surface area contributed by atoms with Crippen LogP contribution in [0.2, 0.25) is 0 Å². The Morgan fingerprint density at radius 1 is 0.906 bits per heavy atom. The van der Waals surface area contributed by atoms with Crippen LogP contribution < -0.4 is 10.6 Å². The molecule has 4 rings (SSSR count). The van der Waals surface area contributed by atoms with E-state index in [-0.39, 0.29) is 35.5 Å². The first-order valence-corrected chi connectivity index (χ1v) is 12.5. The number of piperazine rings is 1. The third kappa shape index (κ3) is 5.01. The summed E-state index contributed by atoms with van der Waals surface area (Å²) in [7, 11) is 1.78. The minimum atomic E-state index is -0.0876. The molecule has 0 aromatic carbocycles. The molecular weight excluding hydrogens is 404 g/mol. The lowest BCUT2D eigenvalue weighted by molar-refractivity contribution is -0.140. The largest absolute Gasteiger partial charge is 0.356 e. The first kappa shape index (κ1) is 23.2. The number of hydrogen-bond acceptors (Lipinski definition) is 5. The fourth-order valence-electron chi connectivity index (χ4n) is 5.85. The molecule has 8 nitrogen and oxygen atoms in total. The maximum Gasteiger partial charge on any atom is 0.233 e. The number of nitrogens with zero attached hydrogens (tertiary/aromatic N) is 4. The molecule has 4 aliphatic rings. The SMILES string of the molecule is CCN1CCN(CCCCNC(=NC)NCCCN2C(=O)C3C4C=CC(C4)C3C2=O)CC1. The van der Waals surface area contributed by atoms with Gasteiger partial charge in [-0.25, -0.2) is 0 Å². The average Bonchev–Trinajstić information content (AvgIpc) is 3.50. The summed E-state index contributed by atoms with van der Waals surface area (Å²) >= 11 is 0. The number of unbranched alkanes of at least 4 members (excludes halogenated alkanes) is 1. The van der Waals surface area contributed by atoms with Crippen LogP contribution in [-0.4, -0.2) is 98.4 Å². The molecule has 2 amide bonds. The molecule has 2 aliphatic carbocycles. The van der Waals surface area contributed by atoms with Crippen LogP contribution in [0, 0.1) is 23.7 Å². The van der Waals surface area contributed by atoms with Gasteiger partial charge in [0.25, 0.3) is 0 Å². The normalized spacial score (nSPS) is 30.4. The molecule has 32 heavy (non-hydrogen) atoms. The number of aliphatic imine (C=N–C) groups is 1. The minimum absolute atomic E-state index is 0.0514. The second-order valence-corrected chi connectivity index (χ2v) is 9.59. The third-order valence-corrected chi connectivity index (χ3v) is 7.74. The molecule has 0 aromatic heterocycles. The average molecular weight is 445 g/mol. The zero-order chi connectivity index (χ0) is 22.5. The first-order valence-electron chi connectivity index (χ1n) is 12.5. The van der Waals surface area contributed by atoms with Gasteiger partial charge in [0.15, 0.2) is 5.96 Å². The van der Waals surface area contributed by atoms with Crippen molar-refractivity contribution >= 4 is 17.8 Å². The van der Waals surface area contributed by atoms with Crippen molar-refractivity contribution in [3.05, 3.63) is 12.2 Å². The van der Waals surface area contributed by atoms with E-state index in [0.29, 0.717) is 13.1 Å². The number of carbonyl (C=O) groups excluding carboxylic acids is 2. The highest BCUT2D eigenvalue weighted by Gasteiger charge is 2.58. The number of likely N-dealkylation sites (N-methyl/N-ethyl adjacent to an activating group) is 1. The zero-order valence-electron chi connectivity index (χ0n) is 19.8. The highest BCUT2D eigenvalue weighted by molar-refractivity contribution is 6.06. The summed E-state index contributed by atoms with van der Waals surface area (Å²) in [4.78, 5) is 36.3. The fraction of sp³-hybridized carbons (Fsp3) is 0.792. The lowest BCUT2D eigenvalue weighted by Crippen LogP contribution is -2.46. The number of imide groups is 1. The third-order valence-electron chi connectivity index (χ3n) is 7.74. The second kappa shape index (κ2) is 10.8. The molecule has 2 heterocycles. The van der Waals surface area contributed by atoms with Gasteiger partial charge in [-0.05, 0) is 50.6 Å². The summed E-state index contributed by atoms with van der Waals surface area (Å²) in [5.74, 6) is 1.29. The van der Waals surface area contributed by atoms with Gasteiger partial charge in [-0.1, -0.05) is 19.1 Å². The molecule has 8 heteroatoms. The second-order valence-electron chi connectivity index (χ2n) is 9.59. The fourth-order valence-corrected chi connectivity index (χ4v) is 5.85. The van der Waals surface area contributed by atoms with Gasteiger partial charge < -0.3 is 20.4 Å². The Morgan fingerprint density at radius 2 is 1.50 bits per heavy atom. The van der Waals surface area contributed by atoms with Crippen LogP contribution in [0.5, 0.6) is 0 Å². The van der Waals surface area contributed by atoms with Crippen LogP contribution in [0.15, 0.2) is 17.1 Å². The van der Waals surface area contributed by atoms with Gasteiger partial charge in [0.2, 0.25) is 11.8 Å². The number of fused-ring (bicyclic) bond motifs is 5. The molecule has 1 saturated carbocycles. The standard InChI is InChI=1S/C24H40N6O2/c1-3-28-13-15-29(16-14-28)11-5-4-9-26-24(25-2)27-10-6-12-30-22(31)20-18-7-8-19(17-18)21(20)23(30)32/h7-8,18-21H,3-6,9-17H2,1-2H3,(H2,25,26,27). The maximum atomic E-state index is 12.7. The van der Waals surface area contributed by atoms with Gasteiger partial charge in [0.05, 0.1) is 11.8 Å². The van der Waals surface area contributed by atoms with E-state index in [1.807, 2.05) is 0 Å². The highest BCUT2D eigenvalue weighted by Crippen LogP contribution is 2.52. The Balaban J connectivity index is 1.07. The Bertz CT molecular complexity index is 700. The number of allylic oxidation sites excluding steroid dienone is 2. The smallest absolute Gasteiger partial charge is 0.233 e. The number of carbonyl (C=O) groups is 2. The van der Waals surface area contributed by atoms with E-state index in [1.54, 1.807) is 7.05 Å². The number of rotatable bonds is 10. The summed E-state index contributed by atoms with van der Waals surface area (Å²) in [5, 5.41) is 6.69. The van der Waals surface area contributed by atoms with E-state index in [1.165, 1.54) is 44.0 Å². The molecule has 4 unspecified atom stereocenters. The molecule has 0 aromatic rings. The highest BCUT2D eigenvalue weighted by atomic mass is 16.2. The van der Waals surface area contributed by atoms with Crippen molar-refractivity contribution in [3.8, 4) is 0 Å². The van der Waals surface area contributed by atoms with Crippen molar-refractivity contribution in [2.45, 2.75) is 32.6 Å². The number of guanidine groups is 1. The summed E-state index contributed by atoms with van der Waals surface area (Å²) in [6.07, 6.45) is 8.32. The zero-order valence-corrected chi connectivity index (χ0v) is 19.8. The Morgan fingerprint density at radius 3 is 2.09 bits per heavy atom. The summed E-state index contributed by atoms with van der Waals surface area (Å²) in [5.41, 5.74) is 0. The van der Waals surface area contributed by atoms with E-state index >= 15 is 0 Å². The molecule has 4 atom stereocenters. The van der Waals surface area contributed by atoms with E-state index in [2.05, 4.69) is 44.5 Å². The Kier molecular flexibility index (Phi) is 7.84. The van der Waals surface area contributed by atoms with Crippen LogP contribution in [-0.2, 0) is 9.59 Å². The van der Waals surface area contributed by atoms with Crippen molar-refractivity contribution in [2.75, 3.05) is 66.0 Å². The van der Waals surface area contributed by atoms with Gasteiger partial charge in [-0.3, -0.25) is 19.5 Å². The van der Waals surface area contributed by atoms with E-state index in [4.69, 9.17) is 0 Å². The summed E-state index contributed by atoms with van der Waals surface area (Å²) in [6.45, 7) is 11.4. The van der Waals surface area contributed by atoms with Crippen LogP contribution in [0.3, 0.4) is 0 Å². The lowest BCUT2D eigenvalue weighted by Gasteiger charge is -2.34. The van der Waals surface area contributed by atoms with Gasteiger partial charge in [-0.2, -0.15) is 0 Å². The van der Waals surface area contributed by atoms with Crippen molar-refractivity contribution in [1.29, 1.82) is 0 Å². The predicted molar refractivity (Wildman–Crippen MR) is 126 cm³/mol. The number of nitrogens with one attached hydrogen (secondary N) is 2. The molecule has 178 valence electrons. The quantitative estimate of drug-likeness (QED) is 0.170. The first-order chi connectivity index (χ1) is 15.6. The molecule has 2 aliphatic heterocycles. The van der Waals surface area contributed by atoms with Gasteiger partial charge in [0.1, 0.15) is 0 Å². The topological polar surface area (TPSA) is 80.3 Å². The molecule has 0 spiro atoms. The van der Waals surface area contributed by atoms with Crippen molar-refractivity contribution < 1.29 is 9.59 Å². The number of hydrogen-bond donors (Lipinski definition) is 2. The van der Waals surface area contributed by atoms with E-state index in [9.17, 15) is 9.59 Å². The summed E-state index contributed by atoms with van der Waals surface area (Å²) < 4.78 is 0. The van der Waals surface area contributed by atoms with Crippen LogP contribution in [0.4, 0.5) is 0 Å². The minimum Gasteiger partial charge on any atom is -0.356 e. The number of likely N-dealkylation sites (tertiary alicyclic amines) is 1. The predicted octanol–water partition coefficient (Wildman–Crippen LogP) is 0.766. The van der Waals surface area contributed by atoms with Crippen molar-refractivity contribution in [3.63, 3.8) is 0 Å². The summed E-state index contributed by atoms with van der Waals surface area (Å²) in [6, 6.07) is 0. The number of amides is 2. The van der Waals surface area contributed by atoms with Gasteiger partial charge in [-0.15, -0.1) is 0 Å². The van der Waals surface area contributed by atoms with Gasteiger partial charge >= 0.3 is 0 Å². The van der Waals surface area contributed by atoms with Crippen LogP contribution >= 0.6 is 0 Å². The molecule has 2 N–H and O–H groups in total. The molecule has 2 bridgehead atoms. The van der Waals surface area contributed by atoms with Crippen molar-refractivity contribution in [1.82, 2.24) is 25.3 Å². The van der Waals surface area contributed by atoms with E-state index < -0.39 is 0 Å². The van der Waals surface area contributed by atoms with Crippen LogP contribution in [0.25, 0.3) is 0 Å². The lowest BCUT2D eigenvalue weighted by atomic mass is 9.85. The molecule has 3 fully saturated rings. The maximum absolute atomic E-state index is 12.7. The van der Waals surface area contributed by atoms with Gasteiger partial charge in [0, 0.05) is 52.9 Å². The monoisotopic (exact) mass is 444 g/mol. The van der Waals surface area contributed by atoms with Crippen LogP contribution in [0.1, 0.15) is 32.6 Å². The Hall–Kier alpha value is -1.93. The molecular formula is C24H40N6O2. The van der Waals surface area contributed by atoms with E-state index in [0.717, 1.165) is 38.3 Å².